The van der Waals surface area contributed by atoms with Crippen LogP contribution in [0, 0.1) is 5.92 Å². The highest BCUT2D eigenvalue weighted by Crippen LogP contribution is 2.43. The minimum Gasteiger partial charge on any atom is -0.480 e. The molecule has 1 atom stereocenters. The maximum absolute atomic E-state index is 11.4. The van der Waals surface area contributed by atoms with Crippen LogP contribution in [0.4, 0.5) is 0 Å². The molecule has 88 valence electrons. The van der Waals surface area contributed by atoms with Gasteiger partial charge in [-0.3, -0.25) is 9.69 Å². The van der Waals surface area contributed by atoms with Crippen molar-refractivity contribution in [3.8, 4) is 0 Å². The summed E-state index contributed by atoms with van der Waals surface area (Å²) in [6.07, 6.45) is 4.36. The highest BCUT2D eigenvalue weighted by molar-refractivity contribution is 5.79. The van der Waals surface area contributed by atoms with Gasteiger partial charge in [-0.15, -0.1) is 0 Å². The van der Waals surface area contributed by atoms with E-state index in [1.54, 1.807) is 0 Å². The molecular weight excluding hydrogens is 190 g/mol. The van der Waals surface area contributed by atoms with E-state index in [1.165, 1.54) is 0 Å². The number of carboxylic acids is 1. The summed E-state index contributed by atoms with van der Waals surface area (Å²) in [5.41, 5.74) is -0.621. The van der Waals surface area contributed by atoms with Gasteiger partial charge in [0, 0.05) is 0 Å². The van der Waals surface area contributed by atoms with Gasteiger partial charge in [0.25, 0.3) is 0 Å². The van der Waals surface area contributed by atoms with E-state index in [1.807, 2.05) is 6.92 Å². The first-order valence-corrected chi connectivity index (χ1v) is 6.05. The molecule has 1 fully saturated rings. The normalized spacial score (nSPS) is 20.3. The van der Waals surface area contributed by atoms with E-state index < -0.39 is 11.5 Å². The molecule has 1 unspecified atom stereocenters. The number of carboxylic acid groups (broad SMARTS) is 1. The summed E-state index contributed by atoms with van der Waals surface area (Å²) in [7, 11) is 0. The van der Waals surface area contributed by atoms with Gasteiger partial charge in [-0.2, -0.15) is 0 Å². The quantitative estimate of drug-likeness (QED) is 0.705. The van der Waals surface area contributed by atoms with E-state index in [0.717, 1.165) is 38.8 Å². The number of hydrogen-bond acceptors (Lipinski definition) is 2. The lowest BCUT2D eigenvalue weighted by Crippen LogP contribution is -2.54. The zero-order chi connectivity index (χ0) is 11.5. The standard InChI is InChI=1S/C12H23NO2/c1-4-6-9-13(5-2)12(3,11(14)15)10-7-8-10/h10H,4-9H2,1-3H3,(H,14,15). The molecule has 1 aliphatic rings. The molecule has 0 saturated heterocycles. The van der Waals surface area contributed by atoms with Crippen molar-refractivity contribution in [2.24, 2.45) is 5.92 Å². The monoisotopic (exact) mass is 213 g/mol. The van der Waals surface area contributed by atoms with Crippen molar-refractivity contribution in [2.45, 2.75) is 52.0 Å². The number of nitrogens with zero attached hydrogens (tertiary/aromatic N) is 1. The van der Waals surface area contributed by atoms with Gasteiger partial charge in [-0.05, 0) is 45.2 Å². The minimum absolute atomic E-state index is 0.367. The first-order chi connectivity index (χ1) is 7.07. The predicted octanol–water partition coefficient (Wildman–Crippen LogP) is 2.36. The molecule has 0 bridgehead atoms. The Bertz CT molecular complexity index is 226. The number of unbranched alkanes of at least 4 members (excludes halogenated alkanes) is 1. The lowest BCUT2D eigenvalue weighted by atomic mass is 9.93. The molecule has 0 aromatic rings. The Morgan fingerprint density at radius 1 is 1.47 bits per heavy atom. The zero-order valence-electron chi connectivity index (χ0n) is 10.1. The molecule has 1 rings (SSSR count). The minimum atomic E-state index is -0.650. The van der Waals surface area contributed by atoms with Gasteiger partial charge in [-0.1, -0.05) is 20.3 Å². The van der Waals surface area contributed by atoms with Crippen LogP contribution in [0.2, 0.25) is 0 Å². The Labute approximate surface area is 92.5 Å². The SMILES string of the molecule is CCCCN(CC)C(C)(C(=O)O)C1CC1. The Kier molecular flexibility index (Phi) is 4.14. The second-order valence-electron chi connectivity index (χ2n) is 4.66. The summed E-state index contributed by atoms with van der Waals surface area (Å²) in [5.74, 6) is -0.283. The number of carbonyl (C=O) groups is 1. The number of hydrogen-bond donors (Lipinski definition) is 1. The zero-order valence-corrected chi connectivity index (χ0v) is 10.1. The first-order valence-electron chi connectivity index (χ1n) is 6.05. The van der Waals surface area contributed by atoms with E-state index >= 15 is 0 Å². The molecular formula is C12H23NO2. The van der Waals surface area contributed by atoms with Crippen molar-refractivity contribution in [2.75, 3.05) is 13.1 Å². The highest BCUT2D eigenvalue weighted by Gasteiger charge is 2.50. The molecule has 1 N–H and O–H groups in total. The molecule has 0 aromatic heterocycles. The number of aliphatic carboxylic acids is 1. The molecule has 1 aliphatic carbocycles. The average molecular weight is 213 g/mol. The average Bonchev–Trinajstić information content (AvgIpc) is 3.01. The van der Waals surface area contributed by atoms with E-state index in [0.29, 0.717) is 5.92 Å². The summed E-state index contributed by atoms with van der Waals surface area (Å²) in [6.45, 7) is 7.83. The van der Waals surface area contributed by atoms with Gasteiger partial charge in [0.05, 0.1) is 0 Å². The summed E-state index contributed by atoms with van der Waals surface area (Å²) in [4.78, 5) is 13.6. The fourth-order valence-electron chi connectivity index (χ4n) is 2.28. The van der Waals surface area contributed by atoms with Crippen molar-refractivity contribution in [3.05, 3.63) is 0 Å². The smallest absolute Gasteiger partial charge is 0.324 e. The van der Waals surface area contributed by atoms with Crippen molar-refractivity contribution >= 4 is 5.97 Å². The first kappa shape index (κ1) is 12.5. The van der Waals surface area contributed by atoms with E-state index in [-0.39, 0.29) is 0 Å². The van der Waals surface area contributed by atoms with Crippen LogP contribution in [0.15, 0.2) is 0 Å². The highest BCUT2D eigenvalue weighted by atomic mass is 16.4. The fourth-order valence-corrected chi connectivity index (χ4v) is 2.28. The predicted molar refractivity (Wildman–Crippen MR) is 60.9 cm³/mol. The van der Waals surface area contributed by atoms with Crippen LogP contribution in [0.25, 0.3) is 0 Å². The molecule has 3 heteroatoms. The van der Waals surface area contributed by atoms with Gasteiger partial charge >= 0.3 is 5.97 Å². The molecule has 1 saturated carbocycles. The van der Waals surface area contributed by atoms with Crippen LogP contribution in [0.3, 0.4) is 0 Å². The molecule has 3 nitrogen and oxygen atoms in total. The number of likely N-dealkylation sites (N-methyl/N-ethyl adjacent to an activating group) is 1. The molecule has 0 aromatic carbocycles. The van der Waals surface area contributed by atoms with Crippen molar-refractivity contribution in [3.63, 3.8) is 0 Å². The Morgan fingerprint density at radius 3 is 2.40 bits per heavy atom. The second kappa shape index (κ2) is 4.97. The van der Waals surface area contributed by atoms with Crippen molar-refractivity contribution in [1.82, 2.24) is 4.90 Å². The topological polar surface area (TPSA) is 40.5 Å². The van der Waals surface area contributed by atoms with Gasteiger partial charge in [-0.25, -0.2) is 0 Å². The van der Waals surface area contributed by atoms with Gasteiger partial charge in [0.15, 0.2) is 0 Å². The summed E-state index contributed by atoms with van der Waals surface area (Å²) in [5, 5.41) is 9.40. The van der Waals surface area contributed by atoms with Crippen LogP contribution in [0.5, 0.6) is 0 Å². The Morgan fingerprint density at radius 2 is 2.07 bits per heavy atom. The molecule has 0 amide bonds. The molecule has 0 aliphatic heterocycles. The fraction of sp³-hybridized carbons (Fsp3) is 0.917. The van der Waals surface area contributed by atoms with Crippen LogP contribution < -0.4 is 0 Å². The second-order valence-corrected chi connectivity index (χ2v) is 4.66. The van der Waals surface area contributed by atoms with E-state index in [9.17, 15) is 9.90 Å². The molecule has 15 heavy (non-hydrogen) atoms. The molecule has 0 radical (unpaired) electrons. The largest absolute Gasteiger partial charge is 0.480 e. The van der Waals surface area contributed by atoms with Crippen LogP contribution >= 0.6 is 0 Å². The summed E-state index contributed by atoms with van der Waals surface area (Å²) in [6, 6.07) is 0. The van der Waals surface area contributed by atoms with E-state index in [4.69, 9.17) is 0 Å². The van der Waals surface area contributed by atoms with E-state index in [2.05, 4.69) is 18.7 Å². The van der Waals surface area contributed by atoms with Crippen LogP contribution in [0.1, 0.15) is 46.5 Å². The van der Waals surface area contributed by atoms with Gasteiger partial charge in [0.2, 0.25) is 0 Å². The number of rotatable bonds is 7. The maximum Gasteiger partial charge on any atom is 0.324 e. The van der Waals surface area contributed by atoms with Crippen LogP contribution in [-0.4, -0.2) is 34.6 Å². The third-order valence-corrected chi connectivity index (χ3v) is 3.63. The molecule has 0 heterocycles. The van der Waals surface area contributed by atoms with Gasteiger partial charge in [0.1, 0.15) is 5.54 Å². The van der Waals surface area contributed by atoms with Gasteiger partial charge < -0.3 is 5.11 Å². The lowest BCUT2D eigenvalue weighted by Gasteiger charge is -2.37. The Hall–Kier alpha value is -0.570. The molecule has 0 spiro atoms. The van der Waals surface area contributed by atoms with Crippen molar-refractivity contribution < 1.29 is 9.90 Å². The van der Waals surface area contributed by atoms with Crippen molar-refractivity contribution in [1.29, 1.82) is 0 Å². The third-order valence-electron chi connectivity index (χ3n) is 3.63. The maximum atomic E-state index is 11.4. The lowest BCUT2D eigenvalue weighted by molar-refractivity contribution is -0.152. The Balaban J connectivity index is 2.71. The summed E-state index contributed by atoms with van der Waals surface area (Å²) >= 11 is 0. The summed E-state index contributed by atoms with van der Waals surface area (Å²) < 4.78 is 0. The van der Waals surface area contributed by atoms with Crippen LogP contribution in [-0.2, 0) is 4.79 Å². The third kappa shape index (κ3) is 2.51.